The zero-order valence-corrected chi connectivity index (χ0v) is 8.49. The first-order chi connectivity index (χ1) is 6.31. The predicted octanol–water partition coefficient (Wildman–Crippen LogP) is 2.86. The quantitative estimate of drug-likeness (QED) is 0.820. The van der Waals surface area contributed by atoms with Crippen molar-refractivity contribution in [1.82, 2.24) is 0 Å². The van der Waals surface area contributed by atoms with Crippen LogP contribution in [0, 0.1) is 0 Å². The number of aliphatic hydroxyl groups is 1. The van der Waals surface area contributed by atoms with Gasteiger partial charge >= 0.3 is 0 Å². The van der Waals surface area contributed by atoms with E-state index in [2.05, 4.69) is 15.9 Å². The fourth-order valence-corrected chi connectivity index (χ4v) is 1.56. The lowest BCUT2D eigenvalue weighted by molar-refractivity contribution is 0.178. The van der Waals surface area contributed by atoms with Crippen LogP contribution in [-0.4, -0.2) is 10.4 Å². The van der Waals surface area contributed by atoms with E-state index in [1.807, 2.05) is 30.3 Å². The lowest BCUT2D eigenvalue weighted by Crippen LogP contribution is -1.94. The van der Waals surface area contributed by atoms with Crippen molar-refractivity contribution in [2.75, 3.05) is 5.33 Å². The topological polar surface area (TPSA) is 33.4 Å². The molecule has 2 nitrogen and oxygen atoms in total. The third kappa shape index (κ3) is 1.62. The molecule has 1 aromatic heterocycles. The summed E-state index contributed by atoms with van der Waals surface area (Å²) in [7, 11) is 0. The van der Waals surface area contributed by atoms with Gasteiger partial charge in [0, 0.05) is 10.7 Å². The van der Waals surface area contributed by atoms with Gasteiger partial charge in [0.25, 0.3) is 0 Å². The number of hydrogen-bond acceptors (Lipinski definition) is 2. The number of para-hydroxylation sites is 1. The molecule has 1 aromatic carbocycles. The summed E-state index contributed by atoms with van der Waals surface area (Å²) in [5, 5.41) is 11.0. The van der Waals surface area contributed by atoms with Gasteiger partial charge in [0.1, 0.15) is 17.4 Å². The van der Waals surface area contributed by atoms with Crippen molar-refractivity contribution in [1.29, 1.82) is 0 Å². The summed E-state index contributed by atoms with van der Waals surface area (Å²) in [5.74, 6) is 0.609. The first kappa shape index (κ1) is 8.78. The summed E-state index contributed by atoms with van der Waals surface area (Å²) in [4.78, 5) is 0. The summed E-state index contributed by atoms with van der Waals surface area (Å²) in [6.45, 7) is 0. The molecule has 13 heavy (non-hydrogen) atoms. The van der Waals surface area contributed by atoms with Crippen LogP contribution in [0.3, 0.4) is 0 Å². The highest BCUT2D eigenvalue weighted by molar-refractivity contribution is 9.09. The van der Waals surface area contributed by atoms with Gasteiger partial charge in [-0.15, -0.1) is 0 Å². The standard InChI is InChI=1S/C10H9BrO2/c11-6-8(12)10-5-7-3-1-2-4-9(7)13-10/h1-5,8,12H,6H2. The molecule has 0 radical (unpaired) electrons. The molecule has 1 atom stereocenters. The highest BCUT2D eigenvalue weighted by Gasteiger charge is 2.10. The van der Waals surface area contributed by atoms with Crippen molar-refractivity contribution in [3.05, 3.63) is 36.1 Å². The second-order valence-electron chi connectivity index (χ2n) is 2.86. The van der Waals surface area contributed by atoms with E-state index in [9.17, 15) is 5.11 Å². The Bertz CT molecular complexity index is 375. The molecule has 1 N–H and O–H groups in total. The Morgan fingerprint density at radius 3 is 2.85 bits per heavy atom. The second-order valence-corrected chi connectivity index (χ2v) is 3.50. The van der Waals surface area contributed by atoms with Crippen LogP contribution in [0.1, 0.15) is 11.9 Å². The number of benzene rings is 1. The Morgan fingerprint density at radius 1 is 1.38 bits per heavy atom. The maximum absolute atomic E-state index is 9.49. The molecule has 0 amide bonds. The van der Waals surface area contributed by atoms with Gasteiger partial charge < -0.3 is 9.52 Å². The molecular formula is C10H9BrO2. The van der Waals surface area contributed by atoms with Crippen LogP contribution in [0.25, 0.3) is 11.0 Å². The van der Waals surface area contributed by atoms with E-state index in [-0.39, 0.29) is 0 Å². The van der Waals surface area contributed by atoms with Crippen LogP contribution in [0.5, 0.6) is 0 Å². The van der Waals surface area contributed by atoms with Crippen LogP contribution in [0.4, 0.5) is 0 Å². The zero-order valence-electron chi connectivity index (χ0n) is 6.90. The van der Waals surface area contributed by atoms with Crippen LogP contribution >= 0.6 is 15.9 Å². The minimum absolute atomic E-state index is 0.493. The lowest BCUT2D eigenvalue weighted by Gasteiger charge is -1.99. The van der Waals surface area contributed by atoms with Crippen LogP contribution in [-0.2, 0) is 0 Å². The number of rotatable bonds is 2. The third-order valence-corrected chi connectivity index (χ3v) is 2.53. The van der Waals surface area contributed by atoms with Gasteiger partial charge in [0.15, 0.2) is 0 Å². The number of hydrogen-bond donors (Lipinski definition) is 1. The fourth-order valence-electron chi connectivity index (χ4n) is 1.24. The monoisotopic (exact) mass is 240 g/mol. The van der Waals surface area contributed by atoms with Crippen molar-refractivity contribution >= 4 is 26.9 Å². The fraction of sp³-hybridized carbons (Fsp3) is 0.200. The van der Waals surface area contributed by atoms with Crippen LogP contribution < -0.4 is 0 Å². The molecule has 0 bridgehead atoms. The Hall–Kier alpha value is -0.800. The SMILES string of the molecule is OC(CBr)c1cc2ccccc2o1. The smallest absolute Gasteiger partial charge is 0.134 e. The second kappa shape index (κ2) is 3.52. The van der Waals surface area contributed by atoms with Gasteiger partial charge in [0.2, 0.25) is 0 Å². The van der Waals surface area contributed by atoms with E-state index < -0.39 is 6.10 Å². The Labute approximate surface area is 84.3 Å². The third-order valence-electron chi connectivity index (χ3n) is 1.92. The molecule has 1 heterocycles. The Balaban J connectivity index is 2.49. The minimum Gasteiger partial charge on any atom is -0.458 e. The van der Waals surface area contributed by atoms with Gasteiger partial charge in [-0.05, 0) is 12.1 Å². The molecule has 0 aliphatic carbocycles. The minimum atomic E-state index is -0.563. The number of aliphatic hydroxyl groups excluding tert-OH is 1. The lowest BCUT2D eigenvalue weighted by atomic mass is 10.2. The first-order valence-corrected chi connectivity index (χ1v) is 5.16. The molecule has 0 saturated carbocycles. The Kier molecular flexibility index (Phi) is 2.38. The molecule has 2 aromatic rings. The van der Waals surface area contributed by atoms with E-state index in [1.54, 1.807) is 0 Å². The van der Waals surface area contributed by atoms with E-state index >= 15 is 0 Å². The van der Waals surface area contributed by atoms with Crippen molar-refractivity contribution in [3.8, 4) is 0 Å². The molecule has 0 spiro atoms. The van der Waals surface area contributed by atoms with Crippen molar-refractivity contribution in [2.45, 2.75) is 6.10 Å². The van der Waals surface area contributed by atoms with Crippen molar-refractivity contribution in [3.63, 3.8) is 0 Å². The van der Waals surface area contributed by atoms with Crippen molar-refractivity contribution in [2.24, 2.45) is 0 Å². The zero-order chi connectivity index (χ0) is 9.26. The van der Waals surface area contributed by atoms with Gasteiger partial charge in [-0.1, -0.05) is 34.1 Å². The largest absolute Gasteiger partial charge is 0.458 e. The number of halogens is 1. The average Bonchev–Trinajstić information content (AvgIpc) is 2.59. The highest BCUT2D eigenvalue weighted by Crippen LogP contribution is 2.24. The number of fused-ring (bicyclic) bond motifs is 1. The summed E-state index contributed by atoms with van der Waals surface area (Å²) in [6.07, 6.45) is -0.563. The van der Waals surface area contributed by atoms with E-state index in [4.69, 9.17) is 4.42 Å². The number of alkyl halides is 1. The van der Waals surface area contributed by atoms with Crippen LogP contribution in [0.15, 0.2) is 34.7 Å². The molecule has 0 aliphatic rings. The number of furan rings is 1. The predicted molar refractivity (Wildman–Crippen MR) is 55.0 cm³/mol. The molecule has 0 saturated heterocycles. The van der Waals surface area contributed by atoms with Gasteiger partial charge in [-0.3, -0.25) is 0 Å². The van der Waals surface area contributed by atoms with Gasteiger partial charge in [-0.25, -0.2) is 0 Å². The molecule has 1 unspecified atom stereocenters. The molecule has 2 rings (SSSR count). The molecule has 0 fully saturated rings. The highest BCUT2D eigenvalue weighted by atomic mass is 79.9. The molecule has 0 aliphatic heterocycles. The maximum atomic E-state index is 9.49. The summed E-state index contributed by atoms with van der Waals surface area (Å²) in [5.41, 5.74) is 0.817. The molecule has 3 heteroatoms. The van der Waals surface area contributed by atoms with Gasteiger partial charge in [-0.2, -0.15) is 0 Å². The maximum Gasteiger partial charge on any atom is 0.134 e. The Morgan fingerprint density at radius 2 is 2.15 bits per heavy atom. The summed E-state index contributed by atoms with van der Waals surface area (Å²) >= 11 is 3.20. The molecular weight excluding hydrogens is 232 g/mol. The first-order valence-electron chi connectivity index (χ1n) is 4.04. The van der Waals surface area contributed by atoms with Gasteiger partial charge in [0.05, 0.1) is 0 Å². The molecule has 68 valence electrons. The van der Waals surface area contributed by atoms with Crippen molar-refractivity contribution < 1.29 is 9.52 Å². The van der Waals surface area contributed by atoms with Crippen LogP contribution in [0.2, 0.25) is 0 Å². The van der Waals surface area contributed by atoms with E-state index in [1.165, 1.54) is 0 Å². The normalized spacial score (nSPS) is 13.4. The van der Waals surface area contributed by atoms with E-state index in [0.717, 1.165) is 11.0 Å². The summed E-state index contributed by atoms with van der Waals surface area (Å²) < 4.78 is 5.44. The average molecular weight is 241 g/mol. The summed E-state index contributed by atoms with van der Waals surface area (Å²) in [6, 6.07) is 9.57. The van der Waals surface area contributed by atoms with E-state index in [0.29, 0.717) is 11.1 Å².